The molecule has 274 valence electrons. The van der Waals surface area contributed by atoms with Crippen LogP contribution in [0.2, 0.25) is 0 Å². The van der Waals surface area contributed by atoms with Crippen LogP contribution in [0, 0.1) is 0 Å². The van der Waals surface area contributed by atoms with Gasteiger partial charge >= 0.3 is 41.7 Å². The molecular weight excluding hydrogens is 687 g/mol. The number of ether oxygens (including phenoxy) is 4. The average Bonchev–Trinajstić information content (AvgIpc) is 3.11. The molecule has 0 atom stereocenters. The van der Waals surface area contributed by atoms with Gasteiger partial charge in [-0.05, 0) is 39.8 Å². The summed E-state index contributed by atoms with van der Waals surface area (Å²) < 4.78 is 18.7. The van der Waals surface area contributed by atoms with Gasteiger partial charge in [-0.2, -0.15) is 0 Å². The zero-order valence-electron chi connectivity index (χ0n) is 31.6. The molecule has 0 bridgehead atoms. The first kappa shape index (κ1) is 48.2. The number of anilines is 2. The number of hydrogen-bond acceptors (Lipinski definition) is 14. The monoisotopic (exact) mass is 734 g/mol. The minimum atomic E-state index is -0.537. The Hall–Kier alpha value is -3.93. The number of carbonyl (C=O) groups excluding carboxylic acids is 2. The third-order valence-corrected chi connectivity index (χ3v) is 6.05. The van der Waals surface area contributed by atoms with Crippen molar-refractivity contribution in [2.45, 2.75) is 40.9 Å². The molecule has 0 fully saturated rings. The maximum Gasteiger partial charge on any atom is 1.00 e. The first-order valence-electron chi connectivity index (χ1n) is 14.4. The SMILES string of the molecule is CO/N=C(C)/C(C)=N/OCc1ccccc1NC(=O)OC.COCCl.COCN(C(=O)OC)c1ccccc1CO/N=C(C)/C(C)=N/OC.[H-].[Na+]. The van der Waals surface area contributed by atoms with E-state index in [1.54, 1.807) is 53.0 Å². The molecule has 16 nitrogen and oxygen atoms in total. The molecule has 0 radical (unpaired) electrons. The summed E-state index contributed by atoms with van der Waals surface area (Å²) in [4.78, 5) is 44.5. The third kappa shape index (κ3) is 19.9. The molecular formula is C32H48ClN6NaO10. The fourth-order valence-corrected chi connectivity index (χ4v) is 3.22. The summed E-state index contributed by atoms with van der Waals surface area (Å²) in [5.41, 5.74) is 5.21. The minimum Gasteiger partial charge on any atom is -1.00 e. The Balaban J connectivity index is -0.000000793. The van der Waals surface area contributed by atoms with Crippen molar-refractivity contribution in [1.82, 2.24) is 0 Å². The number of rotatable bonds is 15. The minimum absolute atomic E-state index is 0. The van der Waals surface area contributed by atoms with Gasteiger partial charge in [0.2, 0.25) is 0 Å². The zero-order valence-corrected chi connectivity index (χ0v) is 33.4. The molecule has 1 N–H and O–H groups in total. The van der Waals surface area contributed by atoms with Crippen LogP contribution >= 0.6 is 11.6 Å². The molecule has 18 heteroatoms. The topological polar surface area (TPSA) is 173 Å². The zero-order chi connectivity index (χ0) is 37.0. The van der Waals surface area contributed by atoms with Crippen molar-refractivity contribution >= 4 is 58.0 Å². The van der Waals surface area contributed by atoms with Crippen molar-refractivity contribution in [3.8, 4) is 0 Å². The molecule has 0 saturated heterocycles. The molecule has 50 heavy (non-hydrogen) atoms. The predicted octanol–water partition coefficient (Wildman–Crippen LogP) is 3.50. The molecule has 0 unspecified atom stereocenters. The summed E-state index contributed by atoms with van der Waals surface area (Å²) in [5, 5.41) is 18.1. The largest absolute Gasteiger partial charge is 1.00 e. The Morgan fingerprint density at radius 1 is 0.700 bits per heavy atom. The molecule has 0 heterocycles. The van der Waals surface area contributed by atoms with Crippen LogP contribution < -0.4 is 39.8 Å². The van der Waals surface area contributed by atoms with E-state index in [4.69, 9.17) is 30.7 Å². The number of benzene rings is 2. The van der Waals surface area contributed by atoms with Crippen molar-refractivity contribution in [2.75, 3.05) is 65.7 Å². The molecule has 2 aromatic rings. The molecule has 2 amide bonds. The Labute approximate surface area is 322 Å². The van der Waals surface area contributed by atoms with E-state index >= 15 is 0 Å². The molecule has 0 spiro atoms. The third-order valence-electron chi connectivity index (χ3n) is 5.83. The van der Waals surface area contributed by atoms with Gasteiger partial charge in [-0.15, -0.1) is 0 Å². The number of hydrogen-bond donors (Lipinski definition) is 1. The first-order chi connectivity index (χ1) is 23.5. The fourth-order valence-electron chi connectivity index (χ4n) is 3.22. The van der Waals surface area contributed by atoms with E-state index in [1.165, 1.54) is 40.4 Å². The van der Waals surface area contributed by atoms with Crippen LogP contribution in [-0.4, -0.2) is 90.5 Å². The standard InChI is InChI=1S/C16H23N3O5.C14H19N3O4.C2H5ClO.Na.H/c1-12(17-23-5)13(2)18-24-10-14-8-6-7-9-15(14)19(11-21-3)16(20)22-4;1-10(16-20-4)11(2)17-21-9-12-7-5-6-8-13(12)15-14(18)19-3;1-4-2-3;;/h6-9H,10-11H2,1-5H3;5-8H,9H2,1-4H3,(H,15,18);2H2,1H3;;/q;;;+1;-1/b17-12+,18-13+;16-10+,17-11+;;;. The van der Waals surface area contributed by atoms with Crippen molar-refractivity contribution in [3.05, 3.63) is 59.7 Å². The van der Waals surface area contributed by atoms with Gasteiger partial charge in [-0.3, -0.25) is 10.2 Å². The van der Waals surface area contributed by atoms with Gasteiger partial charge in [0.25, 0.3) is 0 Å². The Morgan fingerprint density at radius 3 is 1.62 bits per heavy atom. The van der Waals surface area contributed by atoms with E-state index in [0.717, 1.165) is 11.1 Å². The van der Waals surface area contributed by atoms with Crippen molar-refractivity contribution in [1.29, 1.82) is 0 Å². The number of methoxy groups -OCH3 is 4. The van der Waals surface area contributed by atoms with E-state index in [-0.39, 0.29) is 50.9 Å². The molecule has 2 rings (SSSR count). The van der Waals surface area contributed by atoms with Gasteiger partial charge in [0.05, 0.1) is 25.6 Å². The van der Waals surface area contributed by atoms with E-state index in [2.05, 4.69) is 45.1 Å². The van der Waals surface area contributed by atoms with Crippen molar-refractivity contribution < 1.29 is 78.9 Å². The van der Waals surface area contributed by atoms with Gasteiger partial charge < -0.3 is 39.7 Å². The van der Waals surface area contributed by atoms with Gasteiger partial charge in [0.1, 0.15) is 63.1 Å². The predicted molar refractivity (Wildman–Crippen MR) is 191 cm³/mol. The van der Waals surface area contributed by atoms with Gasteiger partial charge in [0, 0.05) is 25.3 Å². The summed E-state index contributed by atoms with van der Waals surface area (Å²) in [6, 6.07) is 14.8. The van der Waals surface area contributed by atoms with E-state index in [0.29, 0.717) is 40.3 Å². The van der Waals surface area contributed by atoms with Crippen LogP contribution in [-0.2, 0) is 51.5 Å². The molecule has 2 aromatic carbocycles. The smallest absolute Gasteiger partial charge is 1.00 e. The summed E-state index contributed by atoms with van der Waals surface area (Å²) in [5.74, 6) is 0. The molecule has 0 aliphatic heterocycles. The van der Waals surface area contributed by atoms with E-state index in [1.807, 2.05) is 30.3 Å². The number of amides is 2. The number of oxime groups is 4. The van der Waals surface area contributed by atoms with Gasteiger partial charge in [0.15, 0.2) is 0 Å². The van der Waals surface area contributed by atoms with Crippen molar-refractivity contribution in [3.63, 3.8) is 0 Å². The summed E-state index contributed by atoms with van der Waals surface area (Å²) in [6.07, 6.45) is -1.06. The second kappa shape index (κ2) is 29.9. The van der Waals surface area contributed by atoms with Crippen LogP contribution in [0.25, 0.3) is 0 Å². The van der Waals surface area contributed by atoms with Gasteiger partial charge in [-0.1, -0.05) is 68.6 Å². The summed E-state index contributed by atoms with van der Waals surface area (Å²) in [6.45, 7) is 7.48. The number of nitrogens with one attached hydrogen (secondary N) is 1. The molecule has 0 aromatic heterocycles. The fraction of sp³-hybridized carbons (Fsp3) is 0.438. The maximum absolute atomic E-state index is 11.9. The Bertz CT molecular complexity index is 1400. The van der Waals surface area contributed by atoms with Crippen LogP contribution in [0.5, 0.6) is 0 Å². The van der Waals surface area contributed by atoms with Crippen molar-refractivity contribution in [2.24, 2.45) is 20.6 Å². The number of para-hydroxylation sites is 2. The quantitative estimate of drug-likeness (QED) is 0.0939. The average molecular weight is 735 g/mol. The number of halogens is 1. The second-order valence-electron chi connectivity index (χ2n) is 9.23. The van der Waals surface area contributed by atoms with Gasteiger partial charge in [-0.25, -0.2) is 9.59 Å². The number of carbonyl (C=O) groups is 2. The second-order valence-corrected chi connectivity index (χ2v) is 9.45. The van der Waals surface area contributed by atoms with Crippen LogP contribution in [0.4, 0.5) is 21.0 Å². The van der Waals surface area contributed by atoms with Crippen LogP contribution in [0.1, 0.15) is 40.2 Å². The normalized spacial score (nSPS) is 11.3. The Morgan fingerprint density at radius 2 is 1.16 bits per heavy atom. The van der Waals surface area contributed by atoms with Crippen LogP contribution in [0.15, 0.2) is 69.2 Å². The Kier molecular flexibility index (Phi) is 28.9. The summed E-state index contributed by atoms with van der Waals surface area (Å²) in [7, 11) is 8.60. The molecule has 0 saturated carbocycles. The summed E-state index contributed by atoms with van der Waals surface area (Å²) >= 11 is 4.96. The maximum atomic E-state index is 11.9. The van der Waals surface area contributed by atoms with E-state index in [9.17, 15) is 9.59 Å². The molecule has 0 aliphatic carbocycles. The first-order valence-corrected chi connectivity index (χ1v) is 15.0. The number of alkyl halides is 1. The van der Waals surface area contributed by atoms with E-state index < -0.39 is 12.2 Å². The molecule has 0 aliphatic rings. The van der Waals surface area contributed by atoms with Crippen LogP contribution in [0.3, 0.4) is 0 Å². The number of nitrogens with zero attached hydrogens (tertiary/aromatic N) is 5.